The molecule has 0 bridgehead atoms. The Bertz CT molecular complexity index is 397. The van der Waals surface area contributed by atoms with Crippen molar-refractivity contribution >= 4 is 5.97 Å². The number of carbonyl (C=O) groups is 1. The van der Waals surface area contributed by atoms with E-state index in [-0.39, 0.29) is 5.82 Å². The summed E-state index contributed by atoms with van der Waals surface area (Å²) in [5, 5.41) is 9.01. The second-order valence-corrected chi connectivity index (χ2v) is 4.65. The molecule has 0 aliphatic carbocycles. The van der Waals surface area contributed by atoms with Crippen molar-refractivity contribution in [3.63, 3.8) is 0 Å². The molecule has 0 heterocycles. The van der Waals surface area contributed by atoms with Crippen LogP contribution in [0.3, 0.4) is 0 Å². The van der Waals surface area contributed by atoms with Gasteiger partial charge in [-0.1, -0.05) is 19.1 Å². The average molecular weight is 224 g/mol. The van der Waals surface area contributed by atoms with Gasteiger partial charge in [-0.3, -0.25) is 4.79 Å². The smallest absolute Gasteiger partial charge is 0.309 e. The molecule has 16 heavy (non-hydrogen) atoms. The van der Waals surface area contributed by atoms with E-state index >= 15 is 0 Å². The van der Waals surface area contributed by atoms with Crippen LogP contribution in [-0.4, -0.2) is 11.1 Å². The van der Waals surface area contributed by atoms with E-state index in [0.29, 0.717) is 18.4 Å². The Balaban J connectivity index is 2.94. The minimum atomic E-state index is -0.838. The Morgan fingerprint density at radius 1 is 1.44 bits per heavy atom. The molecular weight excluding hydrogens is 207 g/mol. The van der Waals surface area contributed by atoms with Crippen molar-refractivity contribution in [3.8, 4) is 0 Å². The summed E-state index contributed by atoms with van der Waals surface area (Å²) < 4.78 is 13.2. The van der Waals surface area contributed by atoms with E-state index in [1.807, 2.05) is 6.92 Å². The highest BCUT2D eigenvalue weighted by atomic mass is 19.1. The summed E-state index contributed by atoms with van der Waals surface area (Å²) in [6.45, 7) is 5.22. The van der Waals surface area contributed by atoms with Crippen LogP contribution in [0.1, 0.15) is 31.9 Å². The van der Waals surface area contributed by atoms with Crippen LogP contribution in [0.5, 0.6) is 0 Å². The zero-order valence-electron chi connectivity index (χ0n) is 9.88. The molecule has 1 aromatic rings. The van der Waals surface area contributed by atoms with Gasteiger partial charge in [0.25, 0.3) is 0 Å². The van der Waals surface area contributed by atoms with Crippen molar-refractivity contribution in [1.82, 2.24) is 0 Å². The summed E-state index contributed by atoms with van der Waals surface area (Å²) in [6, 6.07) is 4.81. The Hall–Kier alpha value is -1.38. The quantitative estimate of drug-likeness (QED) is 0.853. The number of carboxylic acids is 1. The molecule has 0 amide bonds. The molecule has 0 aliphatic heterocycles. The Labute approximate surface area is 95.1 Å². The summed E-state index contributed by atoms with van der Waals surface area (Å²) in [5.41, 5.74) is 0.687. The predicted octanol–water partition coefficient (Wildman–Crippen LogP) is 3.04. The van der Waals surface area contributed by atoms with Gasteiger partial charge in [0.2, 0.25) is 0 Å². The van der Waals surface area contributed by atoms with Crippen molar-refractivity contribution in [3.05, 3.63) is 35.1 Å². The molecular formula is C13H17FO2. The van der Waals surface area contributed by atoms with E-state index in [0.717, 1.165) is 5.56 Å². The first-order valence-electron chi connectivity index (χ1n) is 5.37. The van der Waals surface area contributed by atoms with E-state index in [9.17, 15) is 9.18 Å². The standard InChI is InChI=1S/C13H17FO2/c1-4-10-7-9(5-6-11(10)14)8-13(2,3)12(15)16/h5-7H,4,8H2,1-3H3,(H,15,16). The third kappa shape index (κ3) is 2.81. The molecule has 88 valence electrons. The van der Waals surface area contributed by atoms with Gasteiger partial charge in [0.15, 0.2) is 0 Å². The summed E-state index contributed by atoms with van der Waals surface area (Å²) in [5.74, 6) is -1.06. The number of benzene rings is 1. The normalized spacial score (nSPS) is 11.5. The van der Waals surface area contributed by atoms with E-state index in [1.54, 1.807) is 26.0 Å². The SMILES string of the molecule is CCc1cc(CC(C)(C)C(=O)O)ccc1F. The maximum Gasteiger partial charge on any atom is 0.309 e. The molecule has 0 radical (unpaired) electrons. The Morgan fingerprint density at radius 3 is 2.56 bits per heavy atom. The fourth-order valence-electron chi connectivity index (χ4n) is 1.59. The lowest BCUT2D eigenvalue weighted by atomic mass is 9.85. The number of rotatable bonds is 4. The number of aryl methyl sites for hydroxylation is 1. The van der Waals surface area contributed by atoms with Crippen LogP contribution in [0, 0.1) is 11.2 Å². The van der Waals surface area contributed by atoms with Gasteiger partial charge in [-0.25, -0.2) is 4.39 Å². The lowest BCUT2D eigenvalue weighted by molar-refractivity contribution is -0.146. The molecule has 0 aliphatic rings. The highest BCUT2D eigenvalue weighted by Gasteiger charge is 2.27. The van der Waals surface area contributed by atoms with E-state index in [2.05, 4.69) is 0 Å². The van der Waals surface area contributed by atoms with E-state index < -0.39 is 11.4 Å². The molecule has 0 saturated heterocycles. The number of hydrogen-bond donors (Lipinski definition) is 1. The molecule has 0 unspecified atom stereocenters. The minimum absolute atomic E-state index is 0.223. The van der Waals surface area contributed by atoms with Crippen molar-refractivity contribution in [2.24, 2.45) is 5.41 Å². The molecule has 0 saturated carbocycles. The minimum Gasteiger partial charge on any atom is -0.481 e. The van der Waals surface area contributed by atoms with Crippen LogP contribution in [-0.2, 0) is 17.6 Å². The van der Waals surface area contributed by atoms with Crippen LogP contribution in [0.25, 0.3) is 0 Å². The second kappa shape index (κ2) is 4.64. The van der Waals surface area contributed by atoms with Gasteiger partial charge >= 0.3 is 5.97 Å². The number of halogens is 1. The maximum absolute atomic E-state index is 13.2. The van der Waals surface area contributed by atoms with Crippen LogP contribution >= 0.6 is 0 Å². The highest BCUT2D eigenvalue weighted by molar-refractivity contribution is 5.74. The van der Waals surface area contributed by atoms with Gasteiger partial charge < -0.3 is 5.11 Å². The third-order valence-electron chi connectivity index (χ3n) is 2.72. The van der Waals surface area contributed by atoms with Gasteiger partial charge in [-0.2, -0.15) is 0 Å². The molecule has 0 fully saturated rings. The second-order valence-electron chi connectivity index (χ2n) is 4.65. The van der Waals surface area contributed by atoms with Gasteiger partial charge in [0.1, 0.15) is 5.82 Å². The highest BCUT2D eigenvalue weighted by Crippen LogP contribution is 2.23. The lowest BCUT2D eigenvalue weighted by Gasteiger charge is -2.19. The Morgan fingerprint density at radius 2 is 2.06 bits per heavy atom. The molecule has 2 nitrogen and oxygen atoms in total. The first-order chi connectivity index (χ1) is 7.36. The first kappa shape index (κ1) is 12.7. The van der Waals surface area contributed by atoms with Crippen molar-refractivity contribution in [1.29, 1.82) is 0 Å². The molecule has 1 rings (SSSR count). The molecule has 0 aromatic heterocycles. The summed E-state index contributed by atoms with van der Waals surface area (Å²) in [4.78, 5) is 11.0. The Kier molecular flexibility index (Phi) is 3.68. The predicted molar refractivity (Wildman–Crippen MR) is 60.9 cm³/mol. The van der Waals surface area contributed by atoms with Crippen LogP contribution < -0.4 is 0 Å². The van der Waals surface area contributed by atoms with Gasteiger partial charge in [-0.05, 0) is 43.9 Å². The monoisotopic (exact) mass is 224 g/mol. The molecule has 3 heteroatoms. The summed E-state index contributed by atoms with van der Waals surface area (Å²) in [7, 11) is 0. The molecule has 1 aromatic carbocycles. The fourth-order valence-corrected chi connectivity index (χ4v) is 1.59. The summed E-state index contributed by atoms with van der Waals surface area (Å²) >= 11 is 0. The van der Waals surface area contributed by atoms with Crippen molar-refractivity contribution in [2.75, 3.05) is 0 Å². The lowest BCUT2D eigenvalue weighted by Crippen LogP contribution is -2.26. The van der Waals surface area contributed by atoms with Crippen LogP contribution in [0.15, 0.2) is 18.2 Å². The van der Waals surface area contributed by atoms with Crippen molar-refractivity contribution in [2.45, 2.75) is 33.6 Å². The molecule has 1 N–H and O–H groups in total. The number of aliphatic carboxylic acids is 1. The average Bonchev–Trinajstić information content (AvgIpc) is 2.20. The van der Waals surface area contributed by atoms with Crippen molar-refractivity contribution < 1.29 is 14.3 Å². The first-order valence-corrected chi connectivity index (χ1v) is 5.37. The van der Waals surface area contributed by atoms with Gasteiger partial charge in [-0.15, -0.1) is 0 Å². The van der Waals surface area contributed by atoms with Crippen LogP contribution in [0.4, 0.5) is 4.39 Å². The molecule has 0 spiro atoms. The third-order valence-corrected chi connectivity index (χ3v) is 2.72. The summed E-state index contributed by atoms with van der Waals surface area (Å²) in [6.07, 6.45) is 1.03. The maximum atomic E-state index is 13.2. The zero-order chi connectivity index (χ0) is 12.3. The number of carboxylic acid groups (broad SMARTS) is 1. The van der Waals surface area contributed by atoms with Gasteiger partial charge in [0, 0.05) is 0 Å². The fraction of sp³-hybridized carbons (Fsp3) is 0.462. The van der Waals surface area contributed by atoms with Gasteiger partial charge in [0.05, 0.1) is 5.41 Å². The zero-order valence-corrected chi connectivity index (χ0v) is 9.88. The molecule has 0 atom stereocenters. The van der Waals surface area contributed by atoms with E-state index in [1.165, 1.54) is 6.07 Å². The topological polar surface area (TPSA) is 37.3 Å². The van der Waals surface area contributed by atoms with Crippen LogP contribution in [0.2, 0.25) is 0 Å². The largest absolute Gasteiger partial charge is 0.481 e. The van der Waals surface area contributed by atoms with E-state index in [4.69, 9.17) is 5.11 Å². The number of hydrogen-bond acceptors (Lipinski definition) is 1.